The fourth-order valence-corrected chi connectivity index (χ4v) is 6.39. The molecule has 0 aliphatic heterocycles. The van der Waals surface area contributed by atoms with E-state index in [0.29, 0.717) is 10.5 Å². The Hall–Kier alpha value is -2.90. The van der Waals surface area contributed by atoms with E-state index in [0.717, 1.165) is 52.2 Å². The maximum absolute atomic E-state index is 13.8. The zero-order valence-corrected chi connectivity index (χ0v) is 22.5. The summed E-state index contributed by atoms with van der Waals surface area (Å²) in [4.78, 5) is 33.4. The number of hydrogen-bond acceptors (Lipinski definition) is 5. The first kappa shape index (κ1) is 25.2. The van der Waals surface area contributed by atoms with Gasteiger partial charge >= 0.3 is 0 Å². The highest BCUT2D eigenvalue weighted by Gasteiger charge is 2.20. The summed E-state index contributed by atoms with van der Waals surface area (Å²) in [7, 11) is 0. The number of thiophene rings is 1. The van der Waals surface area contributed by atoms with Crippen LogP contribution < -0.4 is 10.9 Å². The van der Waals surface area contributed by atoms with Gasteiger partial charge in [-0.05, 0) is 80.1 Å². The number of carbonyl (C=O) groups excluding carboxylic acids is 1. The quantitative estimate of drug-likeness (QED) is 0.216. The highest BCUT2D eigenvalue weighted by atomic mass is 32.2. The van der Waals surface area contributed by atoms with E-state index in [9.17, 15) is 9.59 Å². The monoisotopic (exact) mass is 505 g/mol. The van der Waals surface area contributed by atoms with E-state index in [-0.39, 0.29) is 17.2 Å². The molecule has 0 fully saturated rings. The fraction of sp³-hybridized carbons (Fsp3) is 0.321. The number of benzene rings is 2. The van der Waals surface area contributed by atoms with Gasteiger partial charge in [-0.1, -0.05) is 50.2 Å². The summed E-state index contributed by atoms with van der Waals surface area (Å²) in [6.45, 7) is 10.3. The average Bonchev–Trinajstić information content (AvgIpc) is 3.12. The minimum Gasteiger partial charge on any atom is -0.325 e. The zero-order valence-electron chi connectivity index (χ0n) is 20.9. The van der Waals surface area contributed by atoms with E-state index in [1.165, 1.54) is 22.2 Å². The van der Waals surface area contributed by atoms with Crippen molar-refractivity contribution in [1.29, 1.82) is 0 Å². The van der Waals surface area contributed by atoms with Gasteiger partial charge in [-0.15, -0.1) is 11.3 Å². The van der Waals surface area contributed by atoms with Crippen LogP contribution in [0.5, 0.6) is 0 Å². The molecule has 4 rings (SSSR count). The molecule has 0 atom stereocenters. The van der Waals surface area contributed by atoms with Crippen LogP contribution in [0.25, 0.3) is 15.9 Å². The normalized spacial score (nSPS) is 11.2. The molecule has 2 aromatic heterocycles. The van der Waals surface area contributed by atoms with Crippen molar-refractivity contribution in [2.45, 2.75) is 59.0 Å². The van der Waals surface area contributed by atoms with E-state index >= 15 is 0 Å². The molecule has 0 radical (unpaired) electrons. The number of anilines is 1. The van der Waals surface area contributed by atoms with Crippen LogP contribution in [0, 0.1) is 20.8 Å². The smallest absolute Gasteiger partial charge is 0.267 e. The summed E-state index contributed by atoms with van der Waals surface area (Å²) >= 11 is 2.88. The van der Waals surface area contributed by atoms with Crippen molar-refractivity contribution in [3.63, 3.8) is 0 Å². The Balaban J connectivity index is 1.71. The first-order valence-corrected chi connectivity index (χ1v) is 13.8. The second-order valence-corrected chi connectivity index (χ2v) is 10.9. The second-order valence-electron chi connectivity index (χ2n) is 8.85. The van der Waals surface area contributed by atoms with Crippen LogP contribution in [0.4, 0.5) is 5.69 Å². The summed E-state index contributed by atoms with van der Waals surface area (Å²) in [6, 6.07) is 14.0. The van der Waals surface area contributed by atoms with Crippen LogP contribution in [-0.2, 0) is 17.6 Å². The summed E-state index contributed by atoms with van der Waals surface area (Å²) in [5.74, 6) is 0.0284. The summed E-state index contributed by atoms with van der Waals surface area (Å²) in [5.41, 5.74) is 5.89. The zero-order chi connectivity index (χ0) is 25.1. The van der Waals surface area contributed by atoms with E-state index in [2.05, 4.69) is 25.2 Å². The first-order valence-electron chi connectivity index (χ1n) is 12.0. The number of nitrogens with zero attached hydrogens (tertiary/aromatic N) is 2. The molecule has 2 heterocycles. The number of nitrogens with one attached hydrogen (secondary N) is 1. The number of fused-ring (bicyclic) bond motifs is 1. The molecule has 0 unspecified atom stereocenters. The average molecular weight is 506 g/mol. The van der Waals surface area contributed by atoms with Crippen molar-refractivity contribution in [2.24, 2.45) is 0 Å². The highest BCUT2D eigenvalue weighted by Crippen LogP contribution is 2.31. The molecule has 0 saturated heterocycles. The lowest BCUT2D eigenvalue weighted by Crippen LogP contribution is -2.23. The van der Waals surface area contributed by atoms with Gasteiger partial charge in [0.25, 0.3) is 5.56 Å². The molecule has 0 aliphatic rings. The summed E-state index contributed by atoms with van der Waals surface area (Å²) in [5, 5.41) is 4.19. The van der Waals surface area contributed by atoms with E-state index in [1.807, 2.05) is 57.2 Å². The van der Waals surface area contributed by atoms with Crippen molar-refractivity contribution in [3.8, 4) is 5.69 Å². The molecule has 5 nitrogen and oxygen atoms in total. The molecule has 0 spiro atoms. The number of amides is 1. The molecular weight excluding hydrogens is 474 g/mol. The van der Waals surface area contributed by atoms with Crippen molar-refractivity contribution in [1.82, 2.24) is 9.55 Å². The molecule has 0 bridgehead atoms. The lowest BCUT2D eigenvalue weighted by Gasteiger charge is -2.13. The van der Waals surface area contributed by atoms with Gasteiger partial charge in [0.05, 0.1) is 16.8 Å². The van der Waals surface area contributed by atoms with Gasteiger partial charge in [-0.25, -0.2) is 4.98 Å². The summed E-state index contributed by atoms with van der Waals surface area (Å²) in [6.07, 6.45) is 2.87. The van der Waals surface area contributed by atoms with Gasteiger partial charge in [0.1, 0.15) is 4.83 Å². The Morgan fingerprint density at radius 1 is 1.06 bits per heavy atom. The van der Waals surface area contributed by atoms with Gasteiger partial charge in [0, 0.05) is 10.6 Å². The maximum Gasteiger partial charge on any atom is 0.267 e. The molecule has 182 valence electrons. The Kier molecular flexibility index (Phi) is 7.77. The van der Waals surface area contributed by atoms with Crippen molar-refractivity contribution in [2.75, 3.05) is 11.1 Å². The minimum atomic E-state index is -0.128. The van der Waals surface area contributed by atoms with E-state index in [4.69, 9.17) is 4.98 Å². The molecule has 0 saturated carbocycles. The fourth-order valence-electron chi connectivity index (χ4n) is 4.26. The Morgan fingerprint density at radius 3 is 2.37 bits per heavy atom. The third kappa shape index (κ3) is 5.52. The minimum absolute atomic E-state index is 0.0763. The van der Waals surface area contributed by atoms with E-state index in [1.54, 1.807) is 15.9 Å². The van der Waals surface area contributed by atoms with Gasteiger partial charge in [-0.3, -0.25) is 14.2 Å². The number of hydrogen-bond donors (Lipinski definition) is 1. The lowest BCUT2D eigenvalue weighted by atomic mass is 10.1. The molecule has 35 heavy (non-hydrogen) atoms. The van der Waals surface area contributed by atoms with Gasteiger partial charge in [0.15, 0.2) is 5.16 Å². The van der Waals surface area contributed by atoms with Crippen LogP contribution in [0.15, 0.2) is 52.4 Å². The maximum atomic E-state index is 13.8. The largest absolute Gasteiger partial charge is 0.325 e. The lowest BCUT2D eigenvalue weighted by molar-refractivity contribution is -0.113. The van der Waals surface area contributed by atoms with Gasteiger partial charge < -0.3 is 5.32 Å². The first-order chi connectivity index (χ1) is 16.8. The second kappa shape index (κ2) is 10.8. The number of aryl methyl sites for hydroxylation is 5. The number of carbonyl (C=O) groups is 1. The number of thioether (sulfide) groups is 1. The van der Waals surface area contributed by atoms with Crippen LogP contribution in [0.2, 0.25) is 0 Å². The number of aromatic nitrogens is 2. The van der Waals surface area contributed by atoms with Crippen molar-refractivity contribution in [3.05, 3.63) is 79.9 Å². The molecule has 2 aromatic carbocycles. The molecule has 7 heteroatoms. The standard InChI is InChI=1S/C28H31N3O2S2/c1-6-8-23-19(5)25-26(35-23)30-28(31(27(25)33)22-11-9-20(7-2)10-12-22)34-16-24(32)29-21-14-17(3)13-18(4)15-21/h9-15H,6-8,16H2,1-5H3,(H,29,32). The highest BCUT2D eigenvalue weighted by molar-refractivity contribution is 7.99. The Labute approximate surface area is 214 Å². The molecule has 4 aromatic rings. The Bertz CT molecular complexity index is 1420. The van der Waals surface area contributed by atoms with Crippen LogP contribution in [-0.4, -0.2) is 21.2 Å². The van der Waals surface area contributed by atoms with Crippen LogP contribution in [0.3, 0.4) is 0 Å². The molecule has 1 amide bonds. The molecular formula is C28H31N3O2S2. The summed E-state index contributed by atoms with van der Waals surface area (Å²) < 4.78 is 1.66. The van der Waals surface area contributed by atoms with Gasteiger partial charge in [-0.2, -0.15) is 0 Å². The topological polar surface area (TPSA) is 64.0 Å². The third-order valence-corrected chi connectivity index (χ3v) is 8.13. The van der Waals surface area contributed by atoms with E-state index < -0.39 is 0 Å². The SMILES string of the molecule is CCCc1sc2nc(SCC(=O)Nc3cc(C)cc(C)c3)n(-c3ccc(CC)cc3)c(=O)c2c1C. The van der Waals surface area contributed by atoms with Crippen LogP contribution >= 0.6 is 23.1 Å². The third-order valence-electron chi connectivity index (χ3n) is 5.95. The van der Waals surface area contributed by atoms with Crippen molar-refractivity contribution >= 4 is 44.9 Å². The Morgan fingerprint density at radius 2 is 1.74 bits per heavy atom. The number of rotatable bonds is 8. The molecule has 0 aliphatic carbocycles. The predicted molar refractivity (Wildman–Crippen MR) is 149 cm³/mol. The van der Waals surface area contributed by atoms with Crippen molar-refractivity contribution < 1.29 is 4.79 Å². The predicted octanol–water partition coefficient (Wildman–Crippen LogP) is 6.62. The van der Waals surface area contributed by atoms with Gasteiger partial charge in [0.2, 0.25) is 5.91 Å². The molecule has 1 N–H and O–H groups in total. The van der Waals surface area contributed by atoms with Crippen LogP contribution in [0.1, 0.15) is 47.4 Å².